The van der Waals surface area contributed by atoms with Gasteiger partial charge in [-0.1, -0.05) is 0 Å². The SMILES string of the molecule is C[N+](C)(C)CCO.[Br-]. The second kappa shape index (κ2) is 4.30. The van der Waals surface area contributed by atoms with Gasteiger partial charge in [0.15, 0.2) is 0 Å². The minimum atomic E-state index is 0. The molecule has 0 aromatic rings. The van der Waals surface area contributed by atoms with Gasteiger partial charge in [0.1, 0.15) is 6.54 Å². The van der Waals surface area contributed by atoms with E-state index >= 15 is 0 Å². The lowest BCUT2D eigenvalue weighted by Gasteiger charge is -2.21. The van der Waals surface area contributed by atoms with Gasteiger partial charge in [-0.15, -0.1) is 0 Å². The maximum absolute atomic E-state index is 8.39. The van der Waals surface area contributed by atoms with Crippen LogP contribution >= 0.6 is 0 Å². The molecule has 8 heavy (non-hydrogen) atoms. The third kappa shape index (κ3) is 9.64. The van der Waals surface area contributed by atoms with Crippen molar-refractivity contribution in [1.82, 2.24) is 0 Å². The van der Waals surface area contributed by atoms with Crippen molar-refractivity contribution in [2.75, 3.05) is 34.3 Å². The van der Waals surface area contributed by atoms with Crippen LogP contribution in [0.5, 0.6) is 0 Å². The number of rotatable bonds is 2. The molecule has 0 fully saturated rings. The molecule has 0 saturated carbocycles. The molecule has 0 unspecified atom stereocenters. The van der Waals surface area contributed by atoms with E-state index in [0.717, 1.165) is 11.0 Å². The summed E-state index contributed by atoms with van der Waals surface area (Å²) in [6.07, 6.45) is 0. The molecule has 0 rings (SSSR count). The maximum atomic E-state index is 8.39. The molecule has 0 saturated heterocycles. The predicted octanol–water partition coefficient (Wildman–Crippen LogP) is -3.31. The van der Waals surface area contributed by atoms with Crippen LogP contribution in [0, 0.1) is 0 Å². The highest BCUT2D eigenvalue weighted by Gasteiger charge is 2.02. The van der Waals surface area contributed by atoms with Gasteiger partial charge in [0.25, 0.3) is 0 Å². The quantitative estimate of drug-likeness (QED) is 0.445. The molecule has 0 bridgehead atoms. The number of hydrogen-bond donors (Lipinski definition) is 1. The third-order valence-electron chi connectivity index (χ3n) is 0.771. The van der Waals surface area contributed by atoms with Gasteiger partial charge < -0.3 is 26.6 Å². The monoisotopic (exact) mass is 183 g/mol. The number of likely N-dealkylation sites (N-methyl/N-ethyl adjacent to an activating group) is 1. The Balaban J connectivity index is 0. The Labute approximate surface area is 61.5 Å². The molecule has 0 heterocycles. The van der Waals surface area contributed by atoms with E-state index in [2.05, 4.69) is 21.1 Å². The Kier molecular flexibility index (Phi) is 6.03. The van der Waals surface area contributed by atoms with Crippen LogP contribution in [0.4, 0.5) is 0 Å². The highest BCUT2D eigenvalue weighted by molar-refractivity contribution is 4.19. The largest absolute Gasteiger partial charge is 1.00 e. The summed E-state index contributed by atoms with van der Waals surface area (Å²) in [4.78, 5) is 0. The van der Waals surface area contributed by atoms with E-state index in [9.17, 15) is 0 Å². The lowest BCUT2D eigenvalue weighted by atomic mass is 10.5. The van der Waals surface area contributed by atoms with E-state index in [1.54, 1.807) is 0 Å². The van der Waals surface area contributed by atoms with Crippen molar-refractivity contribution in [2.24, 2.45) is 0 Å². The molecule has 0 aliphatic carbocycles. The molecular weight excluding hydrogens is 170 g/mol. The van der Waals surface area contributed by atoms with Gasteiger partial charge in [-0.2, -0.15) is 0 Å². The molecule has 2 nitrogen and oxygen atoms in total. The van der Waals surface area contributed by atoms with Crippen LogP contribution in [0.15, 0.2) is 0 Å². The fraction of sp³-hybridized carbons (Fsp3) is 1.00. The van der Waals surface area contributed by atoms with Gasteiger partial charge in [-0.3, -0.25) is 0 Å². The summed E-state index contributed by atoms with van der Waals surface area (Å²) in [5, 5.41) is 8.39. The normalized spacial score (nSPS) is 10.5. The minimum Gasteiger partial charge on any atom is -1.00 e. The van der Waals surface area contributed by atoms with Crippen molar-refractivity contribution < 1.29 is 26.6 Å². The molecule has 0 atom stereocenters. The van der Waals surface area contributed by atoms with Crippen LogP contribution in [0.25, 0.3) is 0 Å². The Morgan fingerprint density at radius 2 is 1.62 bits per heavy atom. The first-order chi connectivity index (χ1) is 3.06. The lowest BCUT2D eigenvalue weighted by molar-refractivity contribution is -0.870. The van der Waals surface area contributed by atoms with Crippen molar-refractivity contribution in [2.45, 2.75) is 0 Å². The van der Waals surface area contributed by atoms with E-state index in [1.165, 1.54) is 0 Å². The van der Waals surface area contributed by atoms with E-state index in [4.69, 9.17) is 5.11 Å². The van der Waals surface area contributed by atoms with Gasteiger partial charge in [-0.05, 0) is 0 Å². The van der Waals surface area contributed by atoms with Crippen LogP contribution in [-0.4, -0.2) is 43.9 Å². The van der Waals surface area contributed by atoms with Crippen molar-refractivity contribution in [1.29, 1.82) is 0 Å². The minimum absolute atomic E-state index is 0. The average Bonchev–Trinajstić information content (AvgIpc) is 1.30. The summed E-state index contributed by atoms with van der Waals surface area (Å²) in [6.45, 7) is 1.11. The summed E-state index contributed by atoms with van der Waals surface area (Å²) in [6, 6.07) is 0. The molecule has 0 aromatic heterocycles. The van der Waals surface area contributed by atoms with Gasteiger partial charge >= 0.3 is 0 Å². The van der Waals surface area contributed by atoms with Gasteiger partial charge in [0, 0.05) is 0 Å². The standard InChI is InChI=1S/C5H14NO.BrH/c1-6(2,3)4-5-7;/h7H,4-5H2,1-3H3;1H/q+1;/p-1. The van der Waals surface area contributed by atoms with Crippen molar-refractivity contribution in [3.05, 3.63) is 0 Å². The molecule has 0 aliphatic heterocycles. The number of halogens is 1. The number of quaternary nitrogens is 1. The molecule has 52 valence electrons. The fourth-order valence-corrected chi connectivity index (χ4v) is 0.300. The highest BCUT2D eigenvalue weighted by Crippen LogP contribution is 1.84. The second-order valence-corrected chi connectivity index (χ2v) is 2.74. The zero-order chi connectivity index (χ0) is 5.91. The predicted molar refractivity (Wildman–Crippen MR) is 30.0 cm³/mol. The van der Waals surface area contributed by atoms with Gasteiger partial charge in [0.2, 0.25) is 0 Å². The molecule has 0 radical (unpaired) electrons. The molecule has 0 spiro atoms. The number of nitrogens with zero attached hydrogens (tertiary/aromatic N) is 1. The number of aliphatic hydroxyl groups excluding tert-OH is 1. The zero-order valence-electron chi connectivity index (χ0n) is 5.69. The smallest absolute Gasteiger partial charge is 0.101 e. The zero-order valence-corrected chi connectivity index (χ0v) is 7.27. The Morgan fingerprint density at radius 3 is 1.62 bits per heavy atom. The first-order valence-corrected chi connectivity index (χ1v) is 2.47. The fourth-order valence-electron chi connectivity index (χ4n) is 0.300. The summed E-state index contributed by atoms with van der Waals surface area (Å²) < 4.78 is 0.844. The van der Waals surface area contributed by atoms with Gasteiger partial charge in [0.05, 0.1) is 27.7 Å². The summed E-state index contributed by atoms with van der Waals surface area (Å²) in [7, 11) is 6.16. The van der Waals surface area contributed by atoms with Crippen LogP contribution in [-0.2, 0) is 0 Å². The van der Waals surface area contributed by atoms with Crippen LogP contribution < -0.4 is 17.0 Å². The van der Waals surface area contributed by atoms with Crippen LogP contribution in [0.2, 0.25) is 0 Å². The molecule has 1 N–H and O–H groups in total. The molecule has 0 amide bonds. The van der Waals surface area contributed by atoms with Gasteiger partial charge in [-0.25, -0.2) is 0 Å². The summed E-state index contributed by atoms with van der Waals surface area (Å²) in [5.41, 5.74) is 0. The highest BCUT2D eigenvalue weighted by atomic mass is 79.9. The molecule has 3 heteroatoms. The molecule has 0 aliphatic rings. The Bertz CT molecular complexity index is 50.9. The lowest BCUT2D eigenvalue weighted by Crippen LogP contribution is -3.00. The number of hydrogen-bond acceptors (Lipinski definition) is 1. The second-order valence-electron chi connectivity index (χ2n) is 2.74. The van der Waals surface area contributed by atoms with Crippen molar-refractivity contribution in [3.63, 3.8) is 0 Å². The van der Waals surface area contributed by atoms with E-state index in [-0.39, 0.29) is 23.6 Å². The maximum Gasteiger partial charge on any atom is 0.101 e. The van der Waals surface area contributed by atoms with Crippen LogP contribution in [0.3, 0.4) is 0 Å². The van der Waals surface area contributed by atoms with Crippen LogP contribution in [0.1, 0.15) is 0 Å². The number of aliphatic hydroxyl groups is 1. The third-order valence-corrected chi connectivity index (χ3v) is 0.771. The van der Waals surface area contributed by atoms with E-state index < -0.39 is 0 Å². The first-order valence-electron chi connectivity index (χ1n) is 2.47. The first kappa shape index (κ1) is 11.2. The Hall–Kier alpha value is 0.400. The molecule has 0 aromatic carbocycles. The summed E-state index contributed by atoms with van der Waals surface area (Å²) >= 11 is 0. The van der Waals surface area contributed by atoms with E-state index in [1.807, 2.05) is 0 Å². The molecular formula is C5H14BrNO. The van der Waals surface area contributed by atoms with Crippen molar-refractivity contribution in [3.8, 4) is 0 Å². The average molecular weight is 184 g/mol. The Morgan fingerprint density at radius 1 is 1.25 bits per heavy atom. The topological polar surface area (TPSA) is 20.2 Å². The summed E-state index contributed by atoms with van der Waals surface area (Å²) in [5.74, 6) is 0. The van der Waals surface area contributed by atoms with E-state index in [0.29, 0.717) is 0 Å². The van der Waals surface area contributed by atoms with Crippen molar-refractivity contribution >= 4 is 0 Å².